The molecule has 5 heteroatoms. The predicted molar refractivity (Wildman–Crippen MR) is 87.6 cm³/mol. The van der Waals surface area contributed by atoms with Crippen LogP contribution in [0.5, 0.6) is 5.75 Å². The van der Waals surface area contributed by atoms with E-state index < -0.39 is 5.91 Å². The Morgan fingerprint density at radius 2 is 1.87 bits per heavy atom. The van der Waals surface area contributed by atoms with Crippen LogP contribution in [-0.4, -0.2) is 18.4 Å². The van der Waals surface area contributed by atoms with E-state index in [4.69, 9.17) is 10.5 Å². The number of anilines is 1. The minimum absolute atomic E-state index is 0.261. The number of para-hydroxylation sites is 1. The number of hydrogen-bond donors (Lipinski definition) is 2. The van der Waals surface area contributed by atoms with Gasteiger partial charge in [-0.25, -0.2) is 0 Å². The van der Waals surface area contributed by atoms with Gasteiger partial charge >= 0.3 is 0 Å². The maximum absolute atomic E-state index is 12.5. The largest absolute Gasteiger partial charge is 0.483 e. The van der Waals surface area contributed by atoms with Gasteiger partial charge in [-0.15, -0.1) is 0 Å². The van der Waals surface area contributed by atoms with Crippen molar-refractivity contribution in [2.24, 2.45) is 5.73 Å². The van der Waals surface area contributed by atoms with Crippen molar-refractivity contribution < 1.29 is 14.3 Å². The molecule has 2 amide bonds. The first-order valence-electron chi connectivity index (χ1n) is 7.57. The first kappa shape index (κ1) is 15.1. The Hall–Kier alpha value is -2.82. The van der Waals surface area contributed by atoms with Crippen LogP contribution in [0.3, 0.4) is 0 Å². The van der Waals surface area contributed by atoms with Crippen molar-refractivity contribution >= 4 is 17.5 Å². The third-order valence-electron chi connectivity index (χ3n) is 3.86. The topological polar surface area (TPSA) is 81.4 Å². The van der Waals surface area contributed by atoms with Crippen LogP contribution in [0.1, 0.15) is 27.9 Å². The van der Waals surface area contributed by atoms with Crippen molar-refractivity contribution in [2.45, 2.75) is 19.3 Å². The van der Waals surface area contributed by atoms with Gasteiger partial charge in [0, 0.05) is 5.69 Å². The van der Waals surface area contributed by atoms with Gasteiger partial charge in [-0.2, -0.15) is 0 Å². The second kappa shape index (κ2) is 6.52. The number of carbonyl (C=O) groups is 2. The Labute approximate surface area is 134 Å². The molecule has 2 aromatic rings. The molecule has 0 heterocycles. The van der Waals surface area contributed by atoms with Gasteiger partial charge in [0.25, 0.3) is 11.8 Å². The molecule has 0 saturated heterocycles. The molecule has 118 valence electrons. The van der Waals surface area contributed by atoms with Gasteiger partial charge in [-0.3, -0.25) is 9.59 Å². The molecule has 0 saturated carbocycles. The first-order chi connectivity index (χ1) is 11.1. The molecule has 0 radical (unpaired) electrons. The Kier molecular flexibility index (Phi) is 4.28. The van der Waals surface area contributed by atoms with Crippen LogP contribution in [0.25, 0.3) is 0 Å². The summed E-state index contributed by atoms with van der Waals surface area (Å²) < 4.78 is 5.30. The maximum atomic E-state index is 12.5. The van der Waals surface area contributed by atoms with Crippen LogP contribution in [0.15, 0.2) is 42.5 Å². The zero-order chi connectivity index (χ0) is 16.2. The third-order valence-corrected chi connectivity index (χ3v) is 3.86. The van der Waals surface area contributed by atoms with E-state index in [0.717, 1.165) is 24.9 Å². The average Bonchev–Trinajstić information content (AvgIpc) is 3.00. The van der Waals surface area contributed by atoms with E-state index in [2.05, 4.69) is 11.4 Å². The highest BCUT2D eigenvalue weighted by Gasteiger charge is 2.15. The fourth-order valence-electron chi connectivity index (χ4n) is 2.78. The lowest BCUT2D eigenvalue weighted by Gasteiger charge is -2.11. The van der Waals surface area contributed by atoms with Crippen LogP contribution in [-0.2, 0) is 17.6 Å². The monoisotopic (exact) mass is 310 g/mol. The van der Waals surface area contributed by atoms with E-state index in [9.17, 15) is 9.59 Å². The van der Waals surface area contributed by atoms with E-state index in [1.165, 1.54) is 11.1 Å². The predicted octanol–water partition coefficient (Wildman–Crippen LogP) is 2.29. The number of fused-ring (bicyclic) bond motifs is 1. The fourth-order valence-corrected chi connectivity index (χ4v) is 2.78. The van der Waals surface area contributed by atoms with Gasteiger partial charge in [-0.05, 0) is 54.7 Å². The van der Waals surface area contributed by atoms with Crippen molar-refractivity contribution in [2.75, 3.05) is 11.9 Å². The van der Waals surface area contributed by atoms with E-state index >= 15 is 0 Å². The summed E-state index contributed by atoms with van der Waals surface area (Å²) >= 11 is 0. The molecule has 1 aliphatic carbocycles. The number of ether oxygens (including phenoxy) is 1. The molecule has 0 unspecified atom stereocenters. The molecule has 0 atom stereocenters. The summed E-state index contributed by atoms with van der Waals surface area (Å²) in [6, 6.07) is 12.8. The first-order valence-corrected chi connectivity index (χ1v) is 7.57. The summed E-state index contributed by atoms with van der Waals surface area (Å²) in [5.41, 5.74) is 8.86. The standard InChI is InChI=1S/C18H18N2O3/c19-17(21)11-23-16-7-2-1-6-15(16)18(22)20-14-9-8-12-4-3-5-13(12)10-14/h1-2,6-10H,3-5,11H2,(H2,19,21)(H,20,22). The zero-order valence-corrected chi connectivity index (χ0v) is 12.7. The summed E-state index contributed by atoms with van der Waals surface area (Å²) in [6.45, 7) is -0.261. The number of hydrogen-bond acceptors (Lipinski definition) is 3. The lowest BCUT2D eigenvalue weighted by molar-refractivity contribution is -0.119. The van der Waals surface area contributed by atoms with Crippen molar-refractivity contribution in [1.29, 1.82) is 0 Å². The molecule has 5 nitrogen and oxygen atoms in total. The van der Waals surface area contributed by atoms with Crippen LogP contribution in [0, 0.1) is 0 Å². The SMILES string of the molecule is NC(=O)COc1ccccc1C(=O)Nc1ccc2c(c1)CCC2. The highest BCUT2D eigenvalue weighted by atomic mass is 16.5. The normalized spacial score (nSPS) is 12.5. The Bertz CT molecular complexity index is 756. The molecular weight excluding hydrogens is 292 g/mol. The molecule has 2 aromatic carbocycles. The Morgan fingerprint density at radius 3 is 2.70 bits per heavy atom. The summed E-state index contributed by atoms with van der Waals surface area (Å²) in [6.07, 6.45) is 3.32. The number of primary amides is 1. The van der Waals surface area contributed by atoms with Gasteiger partial charge in [0.05, 0.1) is 5.56 Å². The van der Waals surface area contributed by atoms with Crippen LogP contribution in [0.2, 0.25) is 0 Å². The fraction of sp³-hybridized carbons (Fsp3) is 0.222. The lowest BCUT2D eigenvalue weighted by atomic mass is 10.1. The molecule has 0 fully saturated rings. The average molecular weight is 310 g/mol. The van der Waals surface area contributed by atoms with E-state index in [0.29, 0.717) is 11.3 Å². The number of benzene rings is 2. The van der Waals surface area contributed by atoms with E-state index in [-0.39, 0.29) is 12.5 Å². The Morgan fingerprint density at radius 1 is 1.09 bits per heavy atom. The zero-order valence-electron chi connectivity index (χ0n) is 12.7. The summed E-state index contributed by atoms with van der Waals surface area (Å²) in [7, 11) is 0. The minimum Gasteiger partial charge on any atom is -0.483 e. The molecule has 3 rings (SSSR count). The second-order valence-corrected chi connectivity index (χ2v) is 5.54. The number of aryl methyl sites for hydroxylation is 2. The van der Waals surface area contributed by atoms with Crippen molar-refractivity contribution in [3.8, 4) is 5.75 Å². The number of rotatable bonds is 5. The van der Waals surface area contributed by atoms with Crippen molar-refractivity contribution in [3.63, 3.8) is 0 Å². The smallest absolute Gasteiger partial charge is 0.259 e. The number of carbonyl (C=O) groups excluding carboxylic acids is 2. The van der Waals surface area contributed by atoms with Gasteiger partial charge in [0.2, 0.25) is 0 Å². The third kappa shape index (κ3) is 3.51. The van der Waals surface area contributed by atoms with Crippen molar-refractivity contribution in [1.82, 2.24) is 0 Å². The maximum Gasteiger partial charge on any atom is 0.259 e. The highest BCUT2D eigenvalue weighted by Crippen LogP contribution is 2.26. The second-order valence-electron chi connectivity index (χ2n) is 5.54. The number of nitrogens with one attached hydrogen (secondary N) is 1. The Balaban J connectivity index is 1.77. The lowest BCUT2D eigenvalue weighted by Crippen LogP contribution is -2.21. The summed E-state index contributed by atoms with van der Waals surface area (Å²) in [4.78, 5) is 23.3. The summed E-state index contributed by atoms with van der Waals surface area (Å²) in [5.74, 6) is -0.521. The molecular formula is C18H18N2O3. The van der Waals surface area contributed by atoms with Crippen LogP contribution >= 0.6 is 0 Å². The molecule has 0 aromatic heterocycles. The quantitative estimate of drug-likeness (QED) is 0.889. The van der Waals surface area contributed by atoms with Gasteiger partial charge in [0.15, 0.2) is 6.61 Å². The van der Waals surface area contributed by atoms with Gasteiger partial charge < -0.3 is 15.8 Å². The van der Waals surface area contributed by atoms with E-state index in [1.807, 2.05) is 12.1 Å². The molecule has 0 bridgehead atoms. The van der Waals surface area contributed by atoms with Crippen LogP contribution in [0.4, 0.5) is 5.69 Å². The minimum atomic E-state index is -0.584. The molecule has 1 aliphatic rings. The van der Waals surface area contributed by atoms with Crippen LogP contribution < -0.4 is 15.8 Å². The van der Waals surface area contributed by atoms with E-state index in [1.54, 1.807) is 24.3 Å². The molecule has 23 heavy (non-hydrogen) atoms. The van der Waals surface area contributed by atoms with Crippen molar-refractivity contribution in [3.05, 3.63) is 59.2 Å². The highest BCUT2D eigenvalue weighted by molar-refractivity contribution is 6.06. The van der Waals surface area contributed by atoms with Gasteiger partial charge in [-0.1, -0.05) is 18.2 Å². The molecule has 0 aliphatic heterocycles. The van der Waals surface area contributed by atoms with Gasteiger partial charge in [0.1, 0.15) is 5.75 Å². The molecule has 3 N–H and O–H groups in total. The number of nitrogens with two attached hydrogens (primary N) is 1. The molecule has 0 spiro atoms. The summed E-state index contributed by atoms with van der Waals surface area (Å²) in [5, 5.41) is 2.88. The number of amides is 2.